The van der Waals surface area contributed by atoms with Crippen LogP contribution in [0.3, 0.4) is 0 Å². The Morgan fingerprint density at radius 3 is 2.69 bits per heavy atom. The number of hydrogen-bond donors (Lipinski definition) is 2. The van der Waals surface area contributed by atoms with Crippen molar-refractivity contribution in [3.8, 4) is 5.75 Å². The smallest absolute Gasteiger partial charge is 0.124 e. The molecule has 1 rings (SSSR count). The number of halogens is 1. The Hall–Kier alpha value is -0.580. The van der Waals surface area contributed by atoms with Crippen LogP contribution >= 0.6 is 15.9 Å². The first kappa shape index (κ1) is 13.5. The molecule has 0 aliphatic heterocycles. The Kier molecular flexibility index (Phi) is 5.25. The molecule has 0 amide bonds. The first-order valence-electron chi connectivity index (χ1n) is 5.36. The molecule has 1 aromatic rings. The molecule has 0 aliphatic carbocycles. The van der Waals surface area contributed by atoms with Crippen molar-refractivity contribution in [2.45, 2.75) is 32.4 Å². The molecule has 0 saturated heterocycles. The van der Waals surface area contributed by atoms with Gasteiger partial charge in [0.15, 0.2) is 0 Å². The minimum absolute atomic E-state index is 0.0703. The molecule has 0 saturated carbocycles. The Morgan fingerprint density at radius 1 is 1.44 bits per heavy atom. The molecule has 0 bridgehead atoms. The minimum Gasteiger partial charge on any atom is -0.493 e. The Labute approximate surface area is 105 Å². The van der Waals surface area contributed by atoms with Gasteiger partial charge in [0.2, 0.25) is 0 Å². The standard InChI is InChI=1S/C12H18BrNO2/c1-8(15)5-6-16-12-4-3-10(13)7-11(12)9(2)14/h3-4,7-9,15H,5-6,14H2,1-2H3. The van der Waals surface area contributed by atoms with Crippen LogP contribution in [0.4, 0.5) is 0 Å². The lowest BCUT2D eigenvalue weighted by atomic mass is 10.1. The number of benzene rings is 1. The van der Waals surface area contributed by atoms with Gasteiger partial charge in [-0.25, -0.2) is 0 Å². The van der Waals surface area contributed by atoms with Gasteiger partial charge in [-0.3, -0.25) is 0 Å². The van der Waals surface area contributed by atoms with Crippen LogP contribution in [0, 0.1) is 0 Å². The summed E-state index contributed by atoms with van der Waals surface area (Å²) in [4.78, 5) is 0. The summed E-state index contributed by atoms with van der Waals surface area (Å²) in [6, 6.07) is 5.70. The van der Waals surface area contributed by atoms with Gasteiger partial charge in [-0.1, -0.05) is 15.9 Å². The molecule has 0 aromatic heterocycles. The minimum atomic E-state index is -0.339. The van der Waals surface area contributed by atoms with Crippen molar-refractivity contribution in [1.29, 1.82) is 0 Å². The molecule has 0 heterocycles. The van der Waals surface area contributed by atoms with Crippen molar-refractivity contribution in [2.75, 3.05) is 6.61 Å². The van der Waals surface area contributed by atoms with E-state index in [9.17, 15) is 0 Å². The summed E-state index contributed by atoms with van der Waals surface area (Å²) in [5.41, 5.74) is 6.84. The fourth-order valence-corrected chi connectivity index (χ4v) is 1.72. The topological polar surface area (TPSA) is 55.5 Å². The normalized spacial score (nSPS) is 14.6. The lowest BCUT2D eigenvalue weighted by Crippen LogP contribution is -2.11. The van der Waals surface area contributed by atoms with Crippen LogP contribution in [0.25, 0.3) is 0 Å². The van der Waals surface area contributed by atoms with Gasteiger partial charge in [0, 0.05) is 22.5 Å². The van der Waals surface area contributed by atoms with E-state index in [-0.39, 0.29) is 12.1 Å². The van der Waals surface area contributed by atoms with Crippen molar-refractivity contribution < 1.29 is 9.84 Å². The Bertz CT molecular complexity index is 340. The highest BCUT2D eigenvalue weighted by Crippen LogP contribution is 2.27. The van der Waals surface area contributed by atoms with Gasteiger partial charge in [0.05, 0.1) is 12.7 Å². The van der Waals surface area contributed by atoms with E-state index in [1.54, 1.807) is 6.92 Å². The zero-order chi connectivity index (χ0) is 12.1. The van der Waals surface area contributed by atoms with E-state index in [1.807, 2.05) is 25.1 Å². The summed E-state index contributed by atoms with van der Waals surface area (Å²) >= 11 is 3.40. The largest absolute Gasteiger partial charge is 0.493 e. The highest BCUT2D eigenvalue weighted by Gasteiger charge is 2.09. The molecule has 90 valence electrons. The number of rotatable bonds is 5. The van der Waals surface area contributed by atoms with Gasteiger partial charge in [0.1, 0.15) is 5.75 Å². The summed E-state index contributed by atoms with van der Waals surface area (Å²) in [7, 11) is 0. The van der Waals surface area contributed by atoms with Gasteiger partial charge in [-0.2, -0.15) is 0 Å². The molecular formula is C12H18BrNO2. The zero-order valence-corrected chi connectivity index (χ0v) is 11.2. The second-order valence-corrected chi connectivity index (χ2v) is 4.87. The summed E-state index contributed by atoms with van der Waals surface area (Å²) in [5.74, 6) is 0.791. The second-order valence-electron chi connectivity index (χ2n) is 3.96. The van der Waals surface area contributed by atoms with Gasteiger partial charge < -0.3 is 15.6 Å². The van der Waals surface area contributed by atoms with E-state index in [0.717, 1.165) is 15.8 Å². The van der Waals surface area contributed by atoms with Crippen LogP contribution in [-0.4, -0.2) is 17.8 Å². The maximum absolute atomic E-state index is 9.14. The first-order chi connectivity index (χ1) is 7.50. The molecule has 0 spiro atoms. The molecule has 16 heavy (non-hydrogen) atoms. The Balaban J connectivity index is 2.71. The van der Waals surface area contributed by atoms with Crippen LogP contribution in [0.5, 0.6) is 5.75 Å². The highest BCUT2D eigenvalue weighted by atomic mass is 79.9. The quantitative estimate of drug-likeness (QED) is 0.875. The summed E-state index contributed by atoms with van der Waals surface area (Å²) < 4.78 is 6.59. The second kappa shape index (κ2) is 6.23. The fourth-order valence-electron chi connectivity index (χ4n) is 1.35. The predicted octanol–water partition coefficient (Wildman–Crippen LogP) is 2.62. The predicted molar refractivity (Wildman–Crippen MR) is 68.5 cm³/mol. The number of nitrogens with two attached hydrogens (primary N) is 1. The summed E-state index contributed by atoms with van der Waals surface area (Å²) in [5, 5.41) is 9.14. The van der Waals surface area contributed by atoms with E-state index >= 15 is 0 Å². The third-order valence-corrected chi connectivity index (χ3v) is 2.75. The van der Waals surface area contributed by atoms with Crippen LogP contribution in [-0.2, 0) is 0 Å². The van der Waals surface area contributed by atoms with E-state index in [2.05, 4.69) is 15.9 Å². The summed E-state index contributed by atoms with van der Waals surface area (Å²) in [6.07, 6.45) is 0.281. The molecule has 0 aliphatic rings. The first-order valence-corrected chi connectivity index (χ1v) is 6.16. The van der Waals surface area contributed by atoms with E-state index in [4.69, 9.17) is 15.6 Å². The van der Waals surface area contributed by atoms with Crippen LogP contribution in [0.1, 0.15) is 31.9 Å². The van der Waals surface area contributed by atoms with Gasteiger partial charge in [0.25, 0.3) is 0 Å². The molecule has 2 unspecified atom stereocenters. The monoisotopic (exact) mass is 287 g/mol. The van der Waals surface area contributed by atoms with Crippen molar-refractivity contribution in [3.05, 3.63) is 28.2 Å². The van der Waals surface area contributed by atoms with Crippen molar-refractivity contribution in [3.63, 3.8) is 0 Å². The average Bonchev–Trinajstić information content (AvgIpc) is 2.19. The lowest BCUT2D eigenvalue weighted by Gasteiger charge is -2.15. The molecule has 4 heteroatoms. The molecule has 1 aromatic carbocycles. The van der Waals surface area contributed by atoms with Crippen molar-refractivity contribution in [1.82, 2.24) is 0 Å². The van der Waals surface area contributed by atoms with Crippen molar-refractivity contribution >= 4 is 15.9 Å². The van der Waals surface area contributed by atoms with Crippen LogP contribution in [0.15, 0.2) is 22.7 Å². The van der Waals surface area contributed by atoms with Crippen LogP contribution in [0.2, 0.25) is 0 Å². The average molecular weight is 288 g/mol. The zero-order valence-electron chi connectivity index (χ0n) is 9.61. The molecule has 2 atom stereocenters. The summed E-state index contributed by atoms with van der Waals surface area (Å²) in [6.45, 7) is 4.17. The molecule has 0 radical (unpaired) electrons. The maximum Gasteiger partial charge on any atom is 0.124 e. The van der Waals surface area contributed by atoms with E-state index in [0.29, 0.717) is 13.0 Å². The van der Waals surface area contributed by atoms with Gasteiger partial charge in [-0.05, 0) is 32.0 Å². The van der Waals surface area contributed by atoms with E-state index in [1.165, 1.54) is 0 Å². The molecular weight excluding hydrogens is 270 g/mol. The van der Waals surface area contributed by atoms with Crippen LogP contribution < -0.4 is 10.5 Å². The third kappa shape index (κ3) is 4.12. The number of ether oxygens (including phenoxy) is 1. The van der Waals surface area contributed by atoms with E-state index < -0.39 is 0 Å². The number of aliphatic hydroxyl groups is 1. The van der Waals surface area contributed by atoms with Crippen molar-refractivity contribution in [2.24, 2.45) is 5.73 Å². The van der Waals surface area contributed by atoms with Gasteiger partial charge >= 0.3 is 0 Å². The van der Waals surface area contributed by atoms with Gasteiger partial charge in [-0.15, -0.1) is 0 Å². The lowest BCUT2D eigenvalue weighted by molar-refractivity contribution is 0.155. The fraction of sp³-hybridized carbons (Fsp3) is 0.500. The molecule has 3 N–H and O–H groups in total. The SMILES string of the molecule is CC(O)CCOc1ccc(Br)cc1C(C)N. The molecule has 0 fully saturated rings. The third-order valence-electron chi connectivity index (χ3n) is 2.26. The maximum atomic E-state index is 9.14. The number of aliphatic hydroxyl groups excluding tert-OH is 1. The molecule has 3 nitrogen and oxygen atoms in total. The number of hydrogen-bond acceptors (Lipinski definition) is 3. The Morgan fingerprint density at radius 2 is 2.12 bits per heavy atom. The highest BCUT2D eigenvalue weighted by molar-refractivity contribution is 9.10.